The van der Waals surface area contributed by atoms with Gasteiger partial charge in [0.05, 0.1) is 23.9 Å². The number of rotatable bonds is 5. The number of carbonyl (C=O) groups is 1. The molecule has 0 radical (unpaired) electrons. The lowest BCUT2D eigenvalue weighted by Crippen LogP contribution is -2.47. The monoisotopic (exact) mass is 410 g/mol. The molecule has 6 nitrogen and oxygen atoms in total. The van der Waals surface area contributed by atoms with Gasteiger partial charge in [0.25, 0.3) is 0 Å². The van der Waals surface area contributed by atoms with E-state index in [-0.39, 0.29) is 12.0 Å². The zero-order chi connectivity index (χ0) is 21.4. The van der Waals surface area contributed by atoms with E-state index in [4.69, 9.17) is 9.84 Å². The molecule has 1 amide bonds. The summed E-state index contributed by atoms with van der Waals surface area (Å²) in [6.07, 6.45) is 2.82. The maximum Gasteiger partial charge on any atom is 0.227 e. The highest BCUT2D eigenvalue weighted by Gasteiger charge is 2.44. The van der Waals surface area contributed by atoms with E-state index in [9.17, 15) is 4.79 Å². The van der Waals surface area contributed by atoms with E-state index in [0.717, 1.165) is 48.6 Å². The first-order chi connectivity index (χ1) is 14.4. The number of benzene rings is 1. The van der Waals surface area contributed by atoms with Gasteiger partial charge in [-0.15, -0.1) is 0 Å². The predicted molar refractivity (Wildman–Crippen MR) is 118 cm³/mol. The van der Waals surface area contributed by atoms with Gasteiger partial charge < -0.3 is 14.5 Å². The smallest absolute Gasteiger partial charge is 0.227 e. The van der Waals surface area contributed by atoms with Gasteiger partial charge in [-0.05, 0) is 64.8 Å². The number of hydrogen-bond donors (Lipinski definition) is 0. The SMILES string of the molecule is CO[C@@H]1C[C@H]2CN(C(=O)Cc3c(C)nn(-c4ccccc4)c3C)C[C@H]2C[C@H]1N(C)C. The maximum atomic E-state index is 13.2. The van der Waals surface area contributed by atoms with Crippen LogP contribution in [0.25, 0.3) is 5.69 Å². The normalized spacial score (nSPS) is 26.3. The van der Waals surface area contributed by atoms with Crippen molar-refractivity contribution in [2.45, 2.75) is 45.3 Å². The Kier molecular flexibility index (Phi) is 5.98. The number of fused-ring (bicyclic) bond motifs is 1. The Bertz CT molecular complexity index is 892. The molecular weight excluding hydrogens is 376 g/mol. The highest BCUT2D eigenvalue weighted by Crippen LogP contribution is 2.39. The molecule has 2 heterocycles. The van der Waals surface area contributed by atoms with Crippen LogP contribution in [-0.4, -0.2) is 71.9 Å². The van der Waals surface area contributed by atoms with E-state index < -0.39 is 0 Å². The van der Waals surface area contributed by atoms with Crippen molar-refractivity contribution in [2.24, 2.45) is 11.8 Å². The molecule has 0 N–H and O–H groups in total. The summed E-state index contributed by atoms with van der Waals surface area (Å²) in [5.41, 5.74) is 4.08. The molecule has 1 saturated heterocycles. The minimum atomic E-state index is 0.221. The Morgan fingerprint density at radius 1 is 1.13 bits per heavy atom. The molecule has 2 fully saturated rings. The van der Waals surface area contributed by atoms with Crippen LogP contribution in [0.3, 0.4) is 0 Å². The predicted octanol–water partition coefficient (Wildman–Crippen LogP) is 2.85. The minimum absolute atomic E-state index is 0.221. The number of carbonyl (C=O) groups excluding carboxylic acids is 1. The molecule has 1 aromatic carbocycles. The first-order valence-electron chi connectivity index (χ1n) is 11.0. The number of para-hydroxylation sites is 1. The summed E-state index contributed by atoms with van der Waals surface area (Å²) in [5, 5.41) is 4.71. The van der Waals surface area contributed by atoms with Crippen molar-refractivity contribution in [3.8, 4) is 5.69 Å². The third kappa shape index (κ3) is 3.91. The van der Waals surface area contributed by atoms with Crippen LogP contribution in [0.5, 0.6) is 0 Å². The third-order valence-corrected chi connectivity index (χ3v) is 7.17. The van der Waals surface area contributed by atoms with Gasteiger partial charge >= 0.3 is 0 Å². The van der Waals surface area contributed by atoms with E-state index in [1.165, 1.54) is 0 Å². The molecule has 6 heteroatoms. The molecule has 0 unspecified atom stereocenters. The molecule has 30 heavy (non-hydrogen) atoms. The number of likely N-dealkylation sites (N-methyl/N-ethyl adjacent to an activating group) is 1. The van der Waals surface area contributed by atoms with Crippen molar-refractivity contribution < 1.29 is 9.53 Å². The van der Waals surface area contributed by atoms with Crippen LogP contribution in [0.15, 0.2) is 30.3 Å². The van der Waals surface area contributed by atoms with Gasteiger partial charge in [0.1, 0.15) is 0 Å². The average molecular weight is 411 g/mol. The molecule has 1 aliphatic heterocycles. The number of amides is 1. The average Bonchev–Trinajstić information content (AvgIpc) is 3.29. The summed E-state index contributed by atoms with van der Waals surface area (Å²) in [6, 6.07) is 10.5. The van der Waals surface area contributed by atoms with Crippen molar-refractivity contribution in [3.05, 3.63) is 47.3 Å². The Morgan fingerprint density at radius 2 is 1.80 bits per heavy atom. The fourth-order valence-electron chi connectivity index (χ4n) is 5.40. The molecule has 1 aliphatic carbocycles. The van der Waals surface area contributed by atoms with Gasteiger partial charge in [0, 0.05) is 37.5 Å². The van der Waals surface area contributed by atoms with E-state index in [1.54, 1.807) is 0 Å². The molecule has 162 valence electrons. The Morgan fingerprint density at radius 3 is 2.43 bits per heavy atom. The molecule has 1 saturated carbocycles. The van der Waals surface area contributed by atoms with Crippen LogP contribution in [0.2, 0.25) is 0 Å². The number of methoxy groups -OCH3 is 1. The summed E-state index contributed by atoms with van der Waals surface area (Å²) in [6.45, 7) is 5.79. The molecule has 4 atom stereocenters. The molecule has 0 spiro atoms. The van der Waals surface area contributed by atoms with Crippen LogP contribution in [0.4, 0.5) is 0 Å². The van der Waals surface area contributed by atoms with Crippen molar-refractivity contribution in [2.75, 3.05) is 34.3 Å². The second-order valence-electron chi connectivity index (χ2n) is 9.17. The Hall–Kier alpha value is -2.18. The van der Waals surface area contributed by atoms with Crippen LogP contribution in [0.1, 0.15) is 29.8 Å². The largest absolute Gasteiger partial charge is 0.380 e. The second kappa shape index (κ2) is 8.52. The summed E-state index contributed by atoms with van der Waals surface area (Å²) >= 11 is 0. The van der Waals surface area contributed by atoms with Crippen LogP contribution >= 0.6 is 0 Å². The number of ether oxygens (including phenoxy) is 1. The van der Waals surface area contributed by atoms with Crippen molar-refractivity contribution in [1.29, 1.82) is 0 Å². The summed E-state index contributed by atoms with van der Waals surface area (Å²) in [7, 11) is 6.07. The van der Waals surface area contributed by atoms with Gasteiger partial charge in [-0.3, -0.25) is 4.79 Å². The fraction of sp³-hybridized carbons (Fsp3) is 0.583. The van der Waals surface area contributed by atoms with Crippen LogP contribution in [0, 0.1) is 25.7 Å². The zero-order valence-corrected chi connectivity index (χ0v) is 18.8. The lowest BCUT2D eigenvalue weighted by molar-refractivity contribution is -0.129. The van der Waals surface area contributed by atoms with E-state index in [2.05, 4.69) is 30.8 Å². The summed E-state index contributed by atoms with van der Waals surface area (Å²) in [4.78, 5) is 17.6. The third-order valence-electron chi connectivity index (χ3n) is 7.17. The Labute approximate surface area is 179 Å². The van der Waals surface area contributed by atoms with E-state index >= 15 is 0 Å². The van der Waals surface area contributed by atoms with Crippen LogP contribution < -0.4 is 0 Å². The molecular formula is C24H34N4O2. The minimum Gasteiger partial charge on any atom is -0.380 e. The van der Waals surface area contributed by atoms with Crippen molar-refractivity contribution >= 4 is 5.91 Å². The Balaban J connectivity index is 1.46. The lowest BCUT2D eigenvalue weighted by Gasteiger charge is -2.40. The summed E-state index contributed by atoms with van der Waals surface area (Å²) in [5.74, 6) is 1.34. The number of aryl methyl sites for hydroxylation is 1. The number of likely N-dealkylation sites (tertiary alicyclic amines) is 1. The van der Waals surface area contributed by atoms with Crippen LogP contribution in [-0.2, 0) is 16.0 Å². The van der Waals surface area contributed by atoms with Gasteiger partial charge in [-0.25, -0.2) is 4.68 Å². The highest BCUT2D eigenvalue weighted by atomic mass is 16.5. The van der Waals surface area contributed by atoms with Gasteiger partial charge in [0.15, 0.2) is 0 Å². The number of nitrogens with zero attached hydrogens (tertiary/aromatic N) is 4. The second-order valence-corrected chi connectivity index (χ2v) is 9.17. The molecule has 4 rings (SSSR count). The van der Waals surface area contributed by atoms with Gasteiger partial charge in [-0.1, -0.05) is 18.2 Å². The quantitative estimate of drug-likeness (QED) is 0.761. The number of aromatic nitrogens is 2. The zero-order valence-electron chi connectivity index (χ0n) is 18.8. The highest BCUT2D eigenvalue weighted by molar-refractivity contribution is 5.79. The van der Waals surface area contributed by atoms with Gasteiger partial charge in [-0.2, -0.15) is 5.10 Å². The van der Waals surface area contributed by atoms with Crippen molar-refractivity contribution in [3.63, 3.8) is 0 Å². The molecule has 1 aromatic heterocycles. The number of hydrogen-bond acceptors (Lipinski definition) is 4. The van der Waals surface area contributed by atoms with E-state index in [1.807, 2.05) is 49.0 Å². The molecule has 2 aromatic rings. The topological polar surface area (TPSA) is 50.6 Å². The van der Waals surface area contributed by atoms with Crippen molar-refractivity contribution in [1.82, 2.24) is 19.6 Å². The first-order valence-corrected chi connectivity index (χ1v) is 11.0. The fourth-order valence-corrected chi connectivity index (χ4v) is 5.40. The summed E-state index contributed by atoms with van der Waals surface area (Å²) < 4.78 is 7.74. The standard InChI is InChI=1S/C24H34N4O2/c1-16-21(17(2)28(25-16)20-9-7-6-8-10-20)13-24(29)27-14-18-11-22(26(3)4)23(30-5)12-19(18)15-27/h6-10,18-19,22-23H,11-15H2,1-5H3/t18-,19+,22-,23-/m1/s1. The molecule has 0 bridgehead atoms. The van der Waals surface area contributed by atoms with Gasteiger partial charge in [0.2, 0.25) is 5.91 Å². The lowest BCUT2D eigenvalue weighted by atomic mass is 9.77. The first kappa shape index (κ1) is 21.1. The molecule has 2 aliphatic rings. The van der Waals surface area contributed by atoms with E-state index in [0.29, 0.717) is 24.3 Å². The maximum absolute atomic E-state index is 13.2.